The summed E-state index contributed by atoms with van der Waals surface area (Å²) < 4.78 is 16.3. The number of hydrogen-bond donors (Lipinski definition) is 5. The molecule has 4 aliphatic heterocycles. The Labute approximate surface area is 464 Å². The number of methoxy groups -OCH3 is 2. The molecule has 0 bridgehead atoms. The molecule has 6 heterocycles. The Bertz CT molecular complexity index is 3430. The molecule has 2 atom stereocenters. The number of aromatic nitrogens is 2. The van der Waals surface area contributed by atoms with Gasteiger partial charge in [-0.3, -0.25) is 44.1 Å². The van der Waals surface area contributed by atoms with Gasteiger partial charge in [0.15, 0.2) is 11.1 Å². The predicted octanol–water partition coefficient (Wildman–Crippen LogP) is 6.39. The molecule has 0 saturated carbocycles. The minimum atomic E-state index is -1.55. The number of nitrogens with one attached hydrogen (secondary N) is 3. The van der Waals surface area contributed by atoms with Crippen molar-refractivity contribution in [2.24, 2.45) is 11.5 Å². The zero-order valence-electron chi connectivity index (χ0n) is 43.4. The summed E-state index contributed by atoms with van der Waals surface area (Å²) in [6.45, 7) is 7.36. The second kappa shape index (κ2) is 23.4. The molecule has 4 aliphatic rings. The van der Waals surface area contributed by atoms with E-state index in [1.54, 1.807) is 102 Å². The van der Waals surface area contributed by atoms with Gasteiger partial charge in [0, 0.05) is 51.3 Å². The highest BCUT2D eigenvalue weighted by atomic mass is 28.3. The number of nitrogens with two attached hydrogens (primary N) is 2. The molecule has 6 aromatic rings. The lowest BCUT2D eigenvalue weighted by molar-refractivity contribution is -0.135. The van der Waals surface area contributed by atoms with Gasteiger partial charge in [0.25, 0.3) is 35.4 Å². The fourth-order valence-corrected chi connectivity index (χ4v) is 10.5. The molecule has 0 unspecified atom stereocenters. The lowest BCUT2D eigenvalue weighted by atomic mass is 9.87. The molecule has 0 aliphatic carbocycles. The molecule has 2 aromatic heterocycles. The van der Waals surface area contributed by atoms with Crippen LogP contribution in [0.25, 0.3) is 22.3 Å². The van der Waals surface area contributed by atoms with Crippen molar-refractivity contribution in [3.05, 3.63) is 166 Å². The van der Waals surface area contributed by atoms with E-state index < -0.39 is 54.8 Å². The summed E-state index contributed by atoms with van der Waals surface area (Å²) in [6, 6.07) is 30.9. The molecular formula is C58H64N10O11Si. The Morgan fingerprint density at radius 2 is 1.07 bits per heavy atom. The third-order valence-electron chi connectivity index (χ3n) is 14.0. The Kier molecular flexibility index (Phi) is 17.1. The summed E-state index contributed by atoms with van der Waals surface area (Å²) in [5.74, 6) is -1.71. The van der Waals surface area contributed by atoms with Crippen LogP contribution in [0.2, 0.25) is 25.7 Å². The zero-order valence-corrected chi connectivity index (χ0v) is 44.4. The maximum atomic E-state index is 14.1. The van der Waals surface area contributed by atoms with E-state index in [-0.39, 0.29) is 64.4 Å². The molecule has 2 saturated heterocycles. The molecule has 4 aromatic carbocycles. The minimum absolute atomic E-state index is 0. The highest BCUT2D eigenvalue weighted by Gasteiger charge is 2.55. The van der Waals surface area contributed by atoms with Gasteiger partial charge >= 0.3 is 12.1 Å². The van der Waals surface area contributed by atoms with Crippen molar-refractivity contribution in [1.82, 2.24) is 40.6 Å². The van der Waals surface area contributed by atoms with E-state index in [1.165, 1.54) is 31.5 Å². The summed E-state index contributed by atoms with van der Waals surface area (Å²) in [4.78, 5) is 114. The molecule has 0 spiro atoms. The smallest absolute Gasteiger partial charge is 0.327 e. The number of ether oxygens (including phenoxy) is 3. The number of urea groups is 2. The summed E-state index contributed by atoms with van der Waals surface area (Å²) >= 11 is 0. The molecule has 10 rings (SSSR count). The third-order valence-corrected chi connectivity index (χ3v) is 15.7. The van der Waals surface area contributed by atoms with Gasteiger partial charge in [0.1, 0.15) is 29.6 Å². The van der Waals surface area contributed by atoms with E-state index in [1.807, 2.05) is 12.1 Å². The first kappa shape index (κ1) is 58.4. The number of imide groups is 2. The van der Waals surface area contributed by atoms with Crippen LogP contribution in [-0.4, -0.2) is 121 Å². The molecule has 10 amide bonds. The van der Waals surface area contributed by atoms with Crippen molar-refractivity contribution >= 4 is 55.6 Å². The molecule has 2 fully saturated rings. The van der Waals surface area contributed by atoms with Crippen molar-refractivity contribution < 1.29 is 52.6 Å². The first-order chi connectivity index (χ1) is 37.2. The summed E-state index contributed by atoms with van der Waals surface area (Å²) in [6.07, 6.45) is 2.98. The first-order valence-electron chi connectivity index (χ1n) is 24.7. The van der Waals surface area contributed by atoms with Crippen LogP contribution in [-0.2, 0) is 38.5 Å². The minimum Gasteiger partial charge on any atom is -0.497 e. The first-order valence-corrected chi connectivity index (χ1v) is 28.4. The van der Waals surface area contributed by atoms with Crippen LogP contribution in [0.4, 0.5) is 9.59 Å². The number of carbonyl (C=O) groups excluding carboxylic acids is 8. The van der Waals surface area contributed by atoms with E-state index >= 15 is 0 Å². The van der Waals surface area contributed by atoms with Gasteiger partial charge < -0.3 is 46.1 Å². The molecule has 7 N–H and O–H groups in total. The average Bonchev–Trinajstić information content (AvgIpc) is 4.19. The topological polar surface area (TPSA) is 288 Å². The van der Waals surface area contributed by atoms with Crippen molar-refractivity contribution in [2.75, 3.05) is 40.6 Å². The van der Waals surface area contributed by atoms with Crippen LogP contribution in [0, 0.1) is 0 Å². The number of amides is 10. The summed E-state index contributed by atoms with van der Waals surface area (Å²) in [5.41, 5.74) is 14.5. The Balaban J connectivity index is 0.000000230. The van der Waals surface area contributed by atoms with Crippen LogP contribution in [0.3, 0.4) is 0 Å². The number of fused-ring (bicyclic) bond motifs is 2. The van der Waals surface area contributed by atoms with Gasteiger partial charge in [0.2, 0.25) is 0 Å². The number of carbonyl (C=O) groups is 8. The fraction of sp³-hybridized carbons (Fsp3) is 0.276. The van der Waals surface area contributed by atoms with Gasteiger partial charge in [0.05, 0.1) is 27.3 Å². The van der Waals surface area contributed by atoms with E-state index in [0.29, 0.717) is 58.0 Å². The van der Waals surface area contributed by atoms with Crippen LogP contribution in [0.15, 0.2) is 122 Å². The van der Waals surface area contributed by atoms with Crippen molar-refractivity contribution in [1.29, 1.82) is 0 Å². The highest BCUT2D eigenvalue weighted by Crippen LogP contribution is 2.37. The van der Waals surface area contributed by atoms with Crippen LogP contribution < -0.4 is 36.9 Å². The van der Waals surface area contributed by atoms with Crippen molar-refractivity contribution in [3.63, 3.8) is 0 Å². The maximum absolute atomic E-state index is 14.1. The van der Waals surface area contributed by atoms with E-state index in [9.17, 15) is 38.4 Å². The normalized spacial score (nSPS) is 18.0. The van der Waals surface area contributed by atoms with Crippen molar-refractivity contribution in [3.8, 4) is 33.8 Å². The number of pyridine rings is 2. The monoisotopic (exact) mass is 1100 g/mol. The van der Waals surface area contributed by atoms with Crippen molar-refractivity contribution in [2.45, 2.75) is 64.7 Å². The Morgan fingerprint density at radius 3 is 1.50 bits per heavy atom. The summed E-state index contributed by atoms with van der Waals surface area (Å²) in [7, 11) is 1.68. The van der Waals surface area contributed by atoms with Crippen LogP contribution in [0.5, 0.6) is 11.5 Å². The van der Waals surface area contributed by atoms with Gasteiger partial charge in [-0.1, -0.05) is 95.2 Å². The van der Waals surface area contributed by atoms with Crippen LogP contribution >= 0.6 is 0 Å². The van der Waals surface area contributed by atoms with E-state index in [4.69, 9.17) is 25.7 Å². The molecule has 0 radical (unpaired) electrons. The lowest BCUT2D eigenvalue weighted by Crippen LogP contribution is -2.53. The van der Waals surface area contributed by atoms with Gasteiger partial charge in [-0.15, -0.1) is 0 Å². The van der Waals surface area contributed by atoms with Gasteiger partial charge in [-0.25, -0.2) is 14.5 Å². The average molecular weight is 1110 g/mol. The maximum Gasteiger partial charge on any atom is 0.327 e. The predicted molar refractivity (Wildman–Crippen MR) is 300 cm³/mol. The fourth-order valence-electron chi connectivity index (χ4n) is 9.72. The number of benzene rings is 4. The molecule has 22 heteroatoms. The van der Waals surface area contributed by atoms with E-state index in [2.05, 4.69) is 45.6 Å². The number of hydrogen-bond acceptors (Lipinski definition) is 13. The van der Waals surface area contributed by atoms with Gasteiger partial charge in [-0.05, 0) is 99.1 Å². The Hall–Kier alpha value is -9.28. The number of nitrogens with zero attached hydrogens (tertiary/aromatic N) is 5. The quantitative estimate of drug-likeness (QED) is 0.0376. The van der Waals surface area contributed by atoms with Crippen LogP contribution in [0.1, 0.15) is 78.8 Å². The standard InChI is InChI=1S/C31H35N5O6Si.C25H21N5O5.2CH4/c1-41-24-10-7-22-17-35(28(38)25(22)16-24)18-31(29(39)36(30(40)34-31)19-42-13-14-43(2,3)4)23-8-5-20(6-9-23)21-11-12-33-26(15-21)27(32)37;1-35-18-7-4-16-12-30(22(32)19(16)11-18)13-25(23(33)28-24(34)29-25)17-5-2-14(3-6-17)15-8-9-27-20(10-15)21(26)31;;/h5-12,15-16H,13-14,17-19H2,1-4H3,(H2,32,37)(H,34,40);2-11H,12-13H2,1H3,(H2,26,31)(H2,28,29,33,34);2*1H4/t31-;25-;;/m00../s1. The lowest BCUT2D eigenvalue weighted by Gasteiger charge is -2.32. The second-order valence-electron chi connectivity index (χ2n) is 20.3. The highest BCUT2D eigenvalue weighted by molar-refractivity contribution is 6.76. The second-order valence-corrected chi connectivity index (χ2v) is 26.0. The SMILES string of the molecule is C.C.COc1ccc2c(c1)C(=O)N(C[C@@]1(c3ccc(-c4ccnc(C(N)=O)c4)cc3)NC(=O)N(COCC[Si](C)(C)C)C1=O)C2.COc1ccc2c(c1)C(=O)N(C[C@@]1(c3ccc(-c4ccnc(C(N)=O)c4)cc3)NC(=O)NC1=O)C2. The largest absolute Gasteiger partial charge is 0.497 e. The van der Waals surface area contributed by atoms with Gasteiger partial charge in [-0.2, -0.15) is 0 Å². The zero-order chi connectivity index (χ0) is 55.7. The molecular weight excluding hydrogens is 1040 g/mol. The third kappa shape index (κ3) is 11.6. The number of rotatable bonds is 17. The molecule has 80 heavy (non-hydrogen) atoms. The number of primary amides is 2. The summed E-state index contributed by atoms with van der Waals surface area (Å²) in [5, 5.41) is 7.92. The van der Waals surface area contributed by atoms with E-state index in [0.717, 1.165) is 33.2 Å². The Morgan fingerprint density at radius 1 is 0.613 bits per heavy atom. The molecule has 21 nitrogen and oxygen atoms in total. The molecule has 416 valence electrons.